The maximum Gasteiger partial charge on any atom is 0.257 e. The number of aromatic nitrogens is 1. The van der Waals surface area contributed by atoms with Gasteiger partial charge in [0.05, 0.1) is 5.56 Å². The first-order valence-corrected chi connectivity index (χ1v) is 6.78. The summed E-state index contributed by atoms with van der Waals surface area (Å²) in [5.41, 5.74) is 3.95. The highest BCUT2D eigenvalue weighted by atomic mass is 16.1. The number of carbonyl (C=O) groups excluding carboxylic acids is 1. The van der Waals surface area contributed by atoms with Gasteiger partial charge in [-0.3, -0.25) is 4.79 Å². The van der Waals surface area contributed by atoms with Gasteiger partial charge in [-0.05, 0) is 19.1 Å². The Balaban J connectivity index is 1.98. The van der Waals surface area contributed by atoms with Crippen molar-refractivity contribution in [3.8, 4) is 0 Å². The number of nitrogens with one attached hydrogen (secondary N) is 1. The molecule has 3 rings (SSSR count). The lowest BCUT2D eigenvalue weighted by atomic mass is 9.92. The second-order valence-corrected chi connectivity index (χ2v) is 5.22. The summed E-state index contributed by atoms with van der Waals surface area (Å²) in [5, 5.41) is 3.82. The molecule has 1 aromatic heterocycles. The minimum absolute atomic E-state index is 0.151. The average Bonchev–Trinajstić information content (AvgIpc) is 2.80. The van der Waals surface area contributed by atoms with Gasteiger partial charge in [-0.2, -0.15) is 0 Å². The van der Waals surface area contributed by atoms with Crippen molar-refractivity contribution in [1.82, 2.24) is 4.57 Å². The highest BCUT2D eigenvalue weighted by Crippen LogP contribution is 2.21. The van der Waals surface area contributed by atoms with Crippen LogP contribution in [0.3, 0.4) is 0 Å². The fourth-order valence-electron chi connectivity index (χ4n) is 2.51. The summed E-state index contributed by atoms with van der Waals surface area (Å²) in [6.45, 7) is 1.96. The predicted molar refractivity (Wildman–Crippen MR) is 87.4 cm³/mol. The first kappa shape index (κ1) is 13.5. The number of benzene rings is 2. The number of carbonyl (C=O) groups is 1. The van der Waals surface area contributed by atoms with E-state index in [-0.39, 0.29) is 5.91 Å². The summed E-state index contributed by atoms with van der Waals surface area (Å²) >= 11 is 0. The van der Waals surface area contributed by atoms with E-state index in [1.165, 1.54) is 0 Å². The second-order valence-electron chi connectivity index (χ2n) is 5.22. The lowest BCUT2D eigenvalue weighted by Gasteiger charge is -2.09. The predicted octanol–water partition coefficient (Wildman–Crippen LogP) is 2.53. The number of hydrogen-bond donors (Lipinski definition) is 1. The van der Waals surface area contributed by atoms with E-state index < -0.39 is 0 Å². The Bertz CT molecular complexity index is 836. The molecule has 0 aliphatic heterocycles. The van der Waals surface area contributed by atoms with E-state index in [0.29, 0.717) is 16.7 Å². The zero-order valence-electron chi connectivity index (χ0n) is 12.1. The number of fused-ring (bicyclic) bond motifs is 1. The van der Waals surface area contributed by atoms with Gasteiger partial charge in [0.25, 0.3) is 5.91 Å². The summed E-state index contributed by atoms with van der Waals surface area (Å²) in [4.78, 5) is 12.5. The molecule has 1 heterocycles. The quantitative estimate of drug-likeness (QED) is 0.716. The van der Waals surface area contributed by atoms with Gasteiger partial charge in [-0.15, -0.1) is 0 Å². The third-order valence-electron chi connectivity index (χ3n) is 3.60. The van der Waals surface area contributed by atoms with Gasteiger partial charge in [0.15, 0.2) is 0 Å². The molecule has 2 radical (unpaired) electrons. The smallest absolute Gasteiger partial charge is 0.257 e. The zero-order chi connectivity index (χ0) is 15.0. The largest absolute Gasteiger partial charge is 0.350 e. The number of rotatable bonds is 2. The van der Waals surface area contributed by atoms with Crippen molar-refractivity contribution in [2.24, 2.45) is 7.05 Å². The standard InChI is InChI=1S/C17H15BN2O/c1-11-7-8-15(14(18)9-11)19-17(21)13-10-20(2)16-6-4-3-5-12(13)16/h3-10H,1-2H3,(H,19,21). The third kappa shape index (κ3) is 2.45. The Hall–Kier alpha value is -2.49. The van der Waals surface area contributed by atoms with Crippen LogP contribution >= 0.6 is 0 Å². The molecule has 2 aromatic carbocycles. The summed E-state index contributed by atoms with van der Waals surface area (Å²) in [6.07, 6.45) is 1.84. The molecule has 0 unspecified atom stereocenters. The molecule has 4 heteroatoms. The van der Waals surface area contributed by atoms with Crippen LogP contribution in [0.4, 0.5) is 5.69 Å². The minimum atomic E-state index is -0.151. The van der Waals surface area contributed by atoms with Crippen molar-refractivity contribution in [2.45, 2.75) is 6.92 Å². The lowest BCUT2D eigenvalue weighted by molar-refractivity contribution is 0.102. The summed E-state index contributed by atoms with van der Waals surface area (Å²) in [6, 6.07) is 13.4. The first-order chi connectivity index (χ1) is 10.1. The molecule has 0 saturated carbocycles. The summed E-state index contributed by atoms with van der Waals surface area (Å²) < 4.78 is 1.95. The maximum atomic E-state index is 12.5. The summed E-state index contributed by atoms with van der Waals surface area (Å²) in [7, 11) is 7.88. The molecule has 0 spiro atoms. The van der Waals surface area contributed by atoms with E-state index in [9.17, 15) is 4.79 Å². The molecular formula is C17H15BN2O. The summed E-state index contributed by atoms with van der Waals surface area (Å²) in [5.74, 6) is -0.151. The van der Waals surface area contributed by atoms with Crippen molar-refractivity contribution < 1.29 is 4.79 Å². The van der Waals surface area contributed by atoms with Crippen LogP contribution < -0.4 is 10.8 Å². The molecule has 1 amide bonds. The van der Waals surface area contributed by atoms with Gasteiger partial charge in [-0.1, -0.05) is 41.4 Å². The fraction of sp³-hybridized carbons (Fsp3) is 0.118. The second kappa shape index (κ2) is 5.13. The maximum absolute atomic E-state index is 12.5. The van der Waals surface area contributed by atoms with Crippen molar-refractivity contribution in [3.05, 3.63) is 59.8 Å². The average molecular weight is 274 g/mol. The molecule has 0 aliphatic rings. The Morgan fingerprint density at radius 2 is 1.95 bits per heavy atom. The lowest BCUT2D eigenvalue weighted by Crippen LogP contribution is -2.18. The van der Waals surface area contributed by atoms with Crippen LogP contribution in [-0.2, 0) is 7.05 Å². The van der Waals surface area contributed by atoms with E-state index in [1.54, 1.807) is 0 Å². The molecule has 0 bridgehead atoms. The van der Waals surface area contributed by atoms with Gasteiger partial charge in [0.1, 0.15) is 7.85 Å². The number of amides is 1. The molecular weight excluding hydrogens is 259 g/mol. The van der Waals surface area contributed by atoms with Gasteiger partial charge in [0, 0.05) is 29.8 Å². The SMILES string of the molecule is [B]c1cc(C)ccc1NC(=O)c1cn(C)c2ccccc12. The van der Waals surface area contributed by atoms with Crippen molar-refractivity contribution in [2.75, 3.05) is 5.32 Å². The molecule has 102 valence electrons. The third-order valence-corrected chi connectivity index (χ3v) is 3.60. The molecule has 3 nitrogen and oxygen atoms in total. The van der Waals surface area contributed by atoms with Gasteiger partial charge in [0.2, 0.25) is 0 Å². The van der Waals surface area contributed by atoms with E-state index in [2.05, 4.69) is 5.32 Å². The van der Waals surface area contributed by atoms with E-state index >= 15 is 0 Å². The molecule has 0 fully saturated rings. The normalized spacial score (nSPS) is 10.8. The van der Waals surface area contributed by atoms with E-state index in [4.69, 9.17) is 7.85 Å². The van der Waals surface area contributed by atoms with Crippen LogP contribution in [0, 0.1) is 6.92 Å². The van der Waals surface area contributed by atoms with E-state index in [1.807, 2.05) is 67.2 Å². The molecule has 1 N–H and O–H groups in total. The van der Waals surface area contributed by atoms with Crippen LogP contribution in [-0.4, -0.2) is 18.3 Å². The van der Waals surface area contributed by atoms with Crippen LogP contribution in [0.1, 0.15) is 15.9 Å². The van der Waals surface area contributed by atoms with Crippen molar-refractivity contribution in [3.63, 3.8) is 0 Å². The molecule has 21 heavy (non-hydrogen) atoms. The Morgan fingerprint density at radius 3 is 2.71 bits per heavy atom. The number of aryl methyl sites for hydroxylation is 2. The monoisotopic (exact) mass is 274 g/mol. The van der Waals surface area contributed by atoms with E-state index in [0.717, 1.165) is 16.5 Å². The molecule has 0 saturated heterocycles. The van der Waals surface area contributed by atoms with Crippen LogP contribution in [0.25, 0.3) is 10.9 Å². The topological polar surface area (TPSA) is 34.0 Å². The fourth-order valence-corrected chi connectivity index (χ4v) is 2.51. The Morgan fingerprint density at radius 1 is 1.19 bits per heavy atom. The number of nitrogens with zero attached hydrogens (tertiary/aromatic N) is 1. The minimum Gasteiger partial charge on any atom is -0.350 e. The number of hydrogen-bond acceptors (Lipinski definition) is 1. The molecule has 0 atom stereocenters. The van der Waals surface area contributed by atoms with Crippen molar-refractivity contribution in [1.29, 1.82) is 0 Å². The molecule has 3 aromatic rings. The molecule has 0 aliphatic carbocycles. The van der Waals surface area contributed by atoms with Gasteiger partial charge < -0.3 is 9.88 Å². The van der Waals surface area contributed by atoms with Crippen LogP contribution in [0.5, 0.6) is 0 Å². The Labute approximate surface area is 125 Å². The van der Waals surface area contributed by atoms with Crippen molar-refractivity contribution >= 4 is 35.8 Å². The van der Waals surface area contributed by atoms with Crippen LogP contribution in [0.15, 0.2) is 48.7 Å². The highest BCUT2D eigenvalue weighted by molar-refractivity contribution is 6.36. The van der Waals surface area contributed by atoms with Gasteiger partial charge >= 0.3 is 0 Å². The Kier molecular flexibility index (Phi) is 3.30. The number of anilines is 1. The highest BCUT2D eigenvalue weighted by Gasteiger charge is 2.14. The van der Waals surface area contributed by atoms with Crippen LogP contribution in [0.2, 0.25) is 0 Å². The number of para-hydroxylation sites is 1. The zero-order valence-corrected chi connectivity index (χ0v) is 12.1. The van der Waals surface area contributed by atoms with Gasteiger partial charge in [-0.25, -0.2) is 0 Å². The first-order valence-electron chi connectivity index (χ1n) is 6.78.